The number of nitro benzene ring substituents is 1. The van der Waals surface area contributed by atoms with Crippen molar-refractivity contribution in [3.05, 3.63) is 64.2 Å². The molecule has 0 atom stereocenters. The van der Waals surface area contributed by atoms with Crippen molar-refractivity contribution < 1.29 is 24.3 Å². The summed E-state index contributed by atoms with van der Waals surface area (Å²) >= 11 is 0. The van der Waals surface area contributed by atoms with E-state index >= 15 is 0 Å². The van der Waals surface area contributed by atoms with E-state index in [-0.39, 0.29) is 16.9 Å². The van der Waals surface area contributed by atoms with Gasteiger partial charge in [0.1, 0.15) is 11.5 Å². The molecule has 10 nitrogen and oxygen atoms in total. The van der Waals surface area contributed by atoms with E-state index in [0.717, 1.165) is 0 Å². The van der Waals surface area contributed by atoms with Gasteiger partial charge in [0.05, 0.1) is 41.5 Å². The molecule has 2 aromatic heterocycles. The number of nitro groups is 1. The highest BCUT2D eigenvalue weighted by Gasteiger charge is 2.21. The molecule has 0 saturated carbocycles. The highest BCUT2D eigenvalue weighted by atomic mass is 16.6. The zero-order valence-corrected chi connectivity index (χ0v) is 16.4. The van der Waals surface area contributed by atoms with Crippen molar-refractivity contribution in [3.63, 3.8) is 0 Å². The minimum atomic E-state index is -1.16. The quantitative estimate of drug-likeness (QED) is 0.353. The number of hydrogen-bond donors (Lipinski definition) is 2. The second-order valence-electron chi connectivity index (χ2n) is 6.53. The van der Waals surface area contributed by atoms with Crippen LogP contribution in [0.15, 0.2) is 48.5 Å². The number of nitrogens with one attached hydrogen (secondary N) is 1. The third-order valence-electron chi connectivity index (χ3n) is 4.81. The van der Waals surface area contributed by atoms with Crippen LogP contribution in [0.2, 0.25) is 0 Å². The maximum Gasteiger partial charge on any atom is 0.336 e. The van der Waals surface area contributed by atoms with E-state index in [1.54, 1.807) is 18.2 Å². The number of carboxylic acid groups (broad SMARTS) is 1. The number of fused-ring (bicyclic) bond motifs is 1. The molecule has 31 heavy (non-hydrogen) atoms. The van der Waals surface area contributed by atoms with Gasteiger partial charge in [-0.2, -0.15) is 5.10 Å². The molecule has 2 heterocycles. The SMILES string of the molecule is COc1ccc(-c2cc(C(=O)O)c3c(-c4ccc([N+](=O)[O-])cc4)[nH]nc3n2)c(OC)c1. The van der Waals surface area contributed by atoms with Crippen molar-refractivity contribution >= 4 is 22.7 Å². The number of benzene rings is 2. The molecule has 4 aromatic rings. The number of aromatic nitrogens is 3. The lowest BCUT2D eigenvalue weighted by atomic mass is 10.0. The van der Waals surface area contributed by atoms with Gasteiger partial charge in [0.25, 0.3) is 5.69 Å². The van der Waals surface area contributed by atoms with Crippen LogP contribution in [0, 0.1) is 10.1 Å². The number of nitrogens with zero attached hydrogens (tertiary/aromatic N) is 3. The monoisotopic (exact) mass is 420 g/mol. The molecule has 2 N–H and O–H groups in total. The number of aromatic carboxylic acids is 1. The smallest absolute Gasteiger partial charge is 0.336 e. The Bertz CT molecular complexity index is 1310. The molecule has 0 unspecified atom stereocenters. The Morgan fingerprint density at radius 1 is 1.10 bits per heavy atom. The van der Waals surface area contributed by atoms with Gasteiger partial charge < -0.3 is 14.6 Å². The van der Waals surface area contributed by atoms with Crippen LogP contribution in [0.5, 0.6) is 11.5 Å². The fraction of sp³-hybridized carbons (Fsp3) is 0.0952. The van der Waals surface area contributed by atoms with Crippen LogP contribution >= 0.6 is 0 Å². The number of hydrogen-bond acceptors (Lipinski definition) is 7. The third kappa shape index (κ3) is 3.50. The minimum Gasteiger partial charge on any atom is -0.497 e. The van der Waals surface area contributed by atoms with Crippen LogP contribution in [-0.2, 0) is 0 Å². The van der Waals surface area contributed by atoms with Gasteiger partial charge in [0.2, 0.25) is 0 Å². The lowest BCUT2D eigenvalue weighted by molar-refractivity contribution is -0.384. The molecule has 0 aliphatic heterocycles. The van der Waals surface area contributed by atoms with Crippen LogP contribution in [0.4, 0.5) is 5.69 Å². The lowest BCUT2D eigenvalue weighted by Crippen LogP contribution is -2.01. The topological polar surface area (TPSA) is 140 Å². The van der Waals surface area contributed by atoms with Gasteiger partial charge in [-0.05, 0) is 30.3 Å². The summed E-state index contributed by atoms with van der Waals surface area (Å²) in [6.07, 6.45) is 0. The summed E-state index contributed by atoms with van der Waals surface area (Å²) in [4.78, 5) is 27.0. The van der Waals surface area contributed by atoms with Crippen LogP contribution in [0.1, 0.15) is 10.4 Å². The molecule has 0 amide bonds. The molecule has 10 heteroatoms. The summed E-state index contributed by atoms with van der Waals surface area (Å²) in [5.41, 5.74) is 2.01. The summed E-state index contributed by atoms with van der Waals surface area (Å²) in [5.74, 6) is -0.111. The van der Waals surface area contributed by atoms with Crippen LogP contribution in [0.25, 0.3) is 33.5 Å². The van der Waals surface area contributed by atoms with Gasteiger partial charge in [-0.1, -0.05) is 0 Å². The first-order chi connectivity index (χ1) is 14.9. The Morgan fingerprint density at radius 2 is 1.84 bits per heavy atom. The fourth-order valence-electron chi connectivity index (χ4n) is 3.30. The van der Waals surface area contributed by atoms with Crippen molar-refractivity contribution in [1.82, 2.24) is 15.2 Å². The second kappa shape index (κ2) is 7.75. The highest BCUT2D eigenvalue weighted by Crippen LogP contribution is 2.36. The summed E-state index contributed by atoms with van der Waals surface area (Å²) in [6.45, 7) is 0. The maximum atomic E-state index is 12.1. The first-order valence-electron chi connectivity index (χ1n) is 9.02. The summed E-state index contributed by atoms with van der Waals surface area (Å²) in [5, 5.41) is 28.0. The zero-order valence-electron chi connectivity index (χ0n) is 16.4. The Labute approximate surface area is 175 Å². The van der Waals surface area contributed by atoms with E-state index in [4.69, 9.17) is 9.47 Å². The van der Waals surface area contributed by atoms with Crippen molar-refractivity contribution in [2.75, 3.05) is 14.2 Å². The van der Waals surface area contributed by atoms with E-state index in [0.29, 0.717) is 39.4 Å². The fourth-order valence-corrected chi connectivity index (χ4v) is 3.30. The van der Waals surface area contributed by atoms with Gasteiger partial charge in [-0.3, -0.25) is 15.2 Å². The van der Waals surface area contributed by atoms with Gasteiger partial charge in [-0.25, -0.2) is 9.78 Å². The molecule has 0 saturated heterocycles. The summed E-state index contributed by atoms with van der Waals surface area (Å²) in [6, 6.07) is 12.3. The largest absolute Gasteiger partial charge is 0.497 e. The molecule has 156 valence electrons. The molecule has 0 spiro atoms. The normalized spacial score (nSPS) is 10.8. The lowest BCUT2D eigenvalue weighted by Gasteiger charge is -2.11. The number of rotatable bonds is 6. The molecular formula is C21H16N4O6. The van der Waals surface area contributed by atoms with Crippen LogP contribution in [-0.4, -0.2) is 45.4 Å². The minimum absolute atomic E-state index is 0.0139. The molecule has 0 fully saturated rings. The average Bonchev–Trinajstić information content (AvgIpc) is 3.21. The van der Waals surface area contributed by atoms with Gasteiger partial charge in [0, 0.05) is 29.3 Å². The predicted octanol–water partition coefficient (Wildman–Crippen LogP) is 3.92. The Balaban J connectivity index is 1.90. The molecule has 2 aromatic carbocycles. The number of ether oxygens (including phenoxy) is 2. The van der Waals surface area contributed by atoms with E-state index in [1.807, 2.05) is 0 Å². The number of non-ortho nitro benzene ring substituents is 1. The maximum absolute atomic E-state index is 12.1. The molecule has 0 radical (unpaired) electrons. The molecule has 0 aliphatic rings. The van der Waals surface area contributed by atoms with Gasteiger partial charge in [0.15, 0.2) is 5.65 Å². The highest BCUT2D eigenvalue weighted by molar-refractivity contribution is 6.08. The molecule has 0 aliphatic carbocycles. The van der Waals surface area contributed by atoms with E-state index in [9.17, 15) is 20.0 Å². The van der Waals surface area contributed by atoms with Crippen molar-refractivity contribution in [1.29, 1.82) is 0 Å². The summed E-state index contributed by atoms with van der Waals surface area (Å²) < 4.78 is 10.6. The number of carbonyl (C=O) groups is 1. The van der Waals surface area contributed by atoms with E-state index in [1.165, 1.54) is 44.6 Å². The molecule has 0 bridgehead atoms. The van der Waals surface area contributed by atoms with Gasteiger partial charge in [-0.15, -0.1) is 0 Å². The Kier molecular flexibility index (Phi) is 4.96. The number of methoxy groups -OCH3 is 2. The van der Waals surface area contributed by atoms with E-state index in [2.05, 4.69) is 15.2 Å². The predicted molar refractivity (Wildman–Crippen MR) is 111 cm³/mol. The van der Waals surface area contributed by atoms with Crippen molar-refractivity contribution in [2.45, 2.75) is 0 Å². The standard InChI is InChI=1S/C21H16N4O6/c1-30-13-7-8-14(17(9-13)31-2)16-10-15(21(26)27)18-19(23-24-20(18)22-16)11-3-5-12(6-4-11)25(28)29/h3-10H,1-2H3,(H,26,27)(H,22,23,24). The first-order valence-corrected chi connectivity index (χ1v) is 9.02. The summed E-state index contributed by atoms with van der Waals surface area (Å²) in [7, 11) is 3.03. The van der Waals surface area contributed by atoms with E-state index < -0.39 is 10.9 Å². The van der Waals surface area contributed by atoms with Crippen LogP contribution in [0.3, 0.4) is 0 Å². The number of pyridine rings is 1. The number of carboxylic acids is 1. The second-order valence-corrected chi connectivity index (χ2v) is 6.53. The number of H-pyrrole nitrogens is 1. The first kappa shape index (κ1) is 19.8. The average molecular weight is 420 g/mol. The Hall–Kier alpha value is -4.47. The molecule has 4 rings (SSSR count). The van der Waals surface area contributed by atoms with Crippen molar-refractivity contribution in [2.24, 2.45) is 0 Å². The zero-order chi connectivity index (χ0) is 22.1. The van der Waals surface area contributed by atoms with Crippen molar-refractivity contribution in [3.8, 4) is 34.0 Å². The molecular weight excluding hydrogens is 404 g/mol. The third-order valence-corrected chi connectivity index (χ3v) is 4.81. The van der Waals surface area contributed by atoms with Crippen LogP contribution < -0.4 is 9.47 Å². The number of aromatic amines is 1. The van der Waals surface area contributed by atoms with Gasteiger partial charge >= 0.3 is 5.97 Å². The Morgan fingerprint density at radius 3 is 2.45 bits per heavy atom.